The van der Waals surface area contributed by atoms with E-state index >= 15 is 0 Å². The van der Waals surface area contributed by atoms with Crippen molar-refractivity contribution in [2.45, 2.75) is 45.8 Å². The molecule has 1 aliphatic rings. The van der Waals surface area contributed by atoms with Crippen LogP contribution in [0.5, 0.6) is 0 Å². The number of nitrogens with zero attached hydrogens (tertiary/aromatic N) is 2. The molecule has 2 heterocycles. The van der Waals surface area contributed by atoms with Crippen LogP contribution in [0, 0.1) is 0 Å². The number of hydrogen-bond donors (Lipinski definition) is 0. The monoisotopic (exact) mass is 296 g/mol. The number of ether oxygens (including phenoxy) is 1. The number of carbonyl (C=O) groups is 1. The maximum Gasteiger partial charge on any atom is 0.307 e. The Balaban J connectivity index is 1.85. The van der Waals surface area contributed by atoms with Gasteiger partial charge in [0.15, 0.2) is 0 Å². The van der Waals surface area contributed by atoms with Gasteiger partial charge in [-0.25, -0.2) is 4.98 Å². The van der Waals surface area contributed by atoms with Crippen molar-refractivity contribution in [1.29, 1.82) is 0 Å². The summed E-state index contributed by atoms with van der Waals surface area (Å²) < 4.78 is 5.32. The summed E-state index contributed by atoms with van der Waals surface area (Å²) >= 11 is 5.89. The molecule has 110 valence electrons. The van der Waals surface area contributed by atoms with E-state index in [1.165, 1.54) is 5.56 Å². The third-order valence-electron chi connectivity index (χ3n) is 3.15. The molecule has 4 nitrogen and oxygen atoms in total. The molecule has 0 unspecified atom stereocenters. The van der Waals surface area contributed by atoms with Crippen molar-refractivity contribution in [3.63, 3.8) is 0 Å². The zero-order valence-corrected chi connectivity index (χ0v) is 13.0. The van der Waals surface area contributed by atoms with Gasteiger partial charge in [0.1, 0.15) is 10.8 Å². The second-order valence-corrected chi connectivity index (χ2v) is 6.49. The van der Waals surface area contributed by atoms with Gasteiger partial charge >= 0.3 is 5.97 Å². The van der Waals surface area contributed by atoms with Crippen molar-refractivity contribution in [2.75, 3.05) is 13.1 Å². The molecule has 0 amide bonds. The molecular formula is C15H21ClN2O2. The lowest BCUT2D eigenvalue weighted by Crippen LogP contribution is -2.34. The second kappa shape index (κ2) is 6.10. The van der Waals surface area contributed by atoms with Crippen molar-refractivity contribution in [2.24, 2.45) is 0 Å². The largest absolute Gasteiger partial charge is 0.460 e. The molecule has 0 saturated carbocycles. The first kappa shape index (κ1) is 15.3. The van der Waals surface area contributed by atoms with Crippen LogP contribution in [0.1, 0.15) is 38.4 Å². The fourth-order valence-electron chi connectivity index (χ4n) is 2.28. The molecule has 5 heteroatoms. The minimum atomic E-state index is -0.410. The zero-order chi connectivity index (χ0) is 14.8. The molecule has 1 aromatic rings. The van der Waals surface area contributed by atoms with Crippen molar-refractivity contribution in [3.05, 3.63) is 28.5 Å². The number of aromatic nitrogens is 1. The highest BCUT2D eigenvalue weighted by Crippen LogP contribution is 2.19. The fourth-order valence-corrected chi connectivity index (χ4v) is 2.45. The van der Waals surface area contributed by atoms with Gasteiger partial charge in [-0.05, 0) is 32.4 Å². The summed E-state index contributed by atoms with van der Waals surface area (Å²) in [5, 5.41) is 0.547. The number of fused-ring (bicyclic) bond motifs is 1. The van der Waals surface area contributed by atoms with Crippen LogP contribution in [0.4, 0.5) is 0 Å². The van der Waals surface area contributed by atoms with E-state index in [4.69, 9.17) is 16.3 Å². The maximum atomic E-state index is 11.7. The molecule has 0 bridgehead atoms. The summed E-state index contributed by atoms with van der Waals surface area (Å²) in [6.45, 7) is 8.11. The Morgan fingerprint density at radius 1 is 1.45 bits per heavy atom. The van der Waals surface area contributed by atoms with E-state index in [1.54, 1.807) is 0 Å². The summed E-state index contributed by atoms with van der Waals surface area (Å²) in [6.07, 6.45) is 1.30. The molecular weight excluding hydrogens is 276 g/mol. The second-order valence-electron chi connectivity index (χ2n) is 6.10. The van der Waals surface area contributed by atoms with Gasteiger partial charge in [0.25, 0.3) is 0 Å². The number of rotatable bonds is 3. The number of halogens is 1. The van der Waals surface area contributed by atoms with Crippen molar-refractivity contribution >= 4 is 17.6 Å². The highest BCUT2D eigenvalue weighted by Gasteiger charge is 2.20. The maximum absolute atomic E-state index is 11.7. The van der Waals surface area contributed by atoms with Gasteiger partial charge in [0.05, 0.1) is 6.42 Å². The van der Waals surface area contributed by atoms with Crippen LogP contribution in [0.25, 0.3) is 0 Å². The molecule has 0 saturated heterocycles. The molecule has 0 atom stereocenters. The third kappa shape index (κ3) is 4.46. The summed E-state index contributed by atoms with van der Waals surface area (Å²) in [5.74, 6) is -0.141. The Morgan fingerprint density at radius 3 is 2.90 bits per heavy atom. The number of hydrogen-bond acceptors (Lipinski definition) is 4. The first-order chi connectivity index (χ1) is 9.33. The van der Waals surface area contributed by atoms with E-state index < -0.39 is 5.60 Å². The average molecular weight is 297 g/mol. The lowest BCUT2D eigenvalue weighted by atomic mass is 10.1. The Hall–Kier alpha value is -1.13. The van der Waals surface area contributed by atoms with Gasteiger partial charge in [-0.3, -0.25) is 9.69 Å². The van der Waals surface area contributed by atoms with Crippen LogP contribution in [0.3, 0.4) is 0 Å². The standard InChI is InChI=1S/C15H21ClN2O2/c1-15(2,3)20-14(19)7-9-18-8-6-12-11(10-18)4-5-13(16)17-12/h4-5H,6-10H2,1-3H3. The Bertz CT molecular complexity index is 497. The summed E-state index contributed by atoms with van der Waals surface area (Å²) in [5.41, 5.74) is 1.86. The quantitative estimate of drug-likeness (QED) is 0.635. The molecule has 0 aromatic carbocycles. The molecule has 0 spiro atoms. The van der Waals surface area contributed by atoms with E-state index in [1.807, 2.05) is 32.9 Å². The van der Waals surface area contributed by atoms with E-state index in [-0.39, 0.29) is 5.97 Å². The van der Waals surface area contributed by atoms with E-state index in [0.29, 0.717) is 11.6 Å². The van der Waals surface area contributed by atoms with Crippen LogP contribution in [-0.4, -0.2) is 34.5 Å². The molecule has 0 fully saturated rings. The number of pyridine rings is 1. The first-order valence-corrected chi connectivity index (χ1v) is 7.30. The van der Waals surface area contributed by atoms with Crippen LogP contribution in [-0.2, 0) is 22.5 Å². The molecule has 0 radical (unpaired) electrons. The van der Waals surface area contributed by atoms with Gasteiger partial charge in [0, 0.05) is 31.7 Å². The lowest BCUT2D eigenvalue weighted by Gasteiger charge is -2.28. The Kier molecular flexibility index (Phi) is 4.66. The summed E-state index contributed by atoms with van der Waals surface area (Å²) in [4.78, 5) is 18.3. The van der Waals surface area contributed by atoms with E-state index in [2.05, 4.69) is 9.88 Å². The summed E-state index contributed by atoms with van der Waals surface area (Å²) in [7, 11) is 0. The average Bonchev–Trinajstić information content (AvgIpc) is 2.34. The van der Waals surface area contributed by atoms with Gasteiger partial charge in [-0.2, -0.15) is 0 Å². The first-order valence-electron chi connectivity index (χ1n) is 6.92. The third-order valence-corrected chi connectivity index (χ3v) is 3.36. The van der Waals surface area contributed by atoms with Crippen molar-refractivity contribution in [1.82, 2.24) is 9.88 Å². The SMILES string of the molecule is CC(C)(C)OC(=O)CCN1CCc2nc(Cl)ccc2C1. The predicted molar refractivity (Wildman–Crippen MR) is 78.7 cm³/mol. The highest BCUT2D eigenvalue weighted by molar-refractivity contribution is 6.29. The van der Waals surface area contributed by atoms with Crippen molar-refractivity contribution < 1.29 is 9.53 Å². The normalized spacial score (nSPS) is 15.8. The highest BCUT2D eigenvalue weighted by atomic mass is 35.5. The van der Waals surface area contributed by atoms with E-state index in [0.717, 1.165) is 31.7 Å². The minimum Gasteiger partial charge on any atom is -0.460 e. The van der Waals surface area contributed by atoms with Gasteiger partial charge in [-0.1, -0.05) is 17.7 Å². The molecule has 1 aromatic heterocycles. The van der Waals surface area contributed by atoms with Crippen molar-refractivity contribution in [3.8, 4) is 0 Å². The Morgan fingerprint density at radius 2 is 2.20 bits per heavy atom. The van der Waals surface area contributed by atoms with Crippen LogP contribution < -0.4 is 0 Å². The molecule has 0 aliphatic carbocycles. The predicted octanol–water partition coefficient (Wildman–Crippen LogP) is 2.82. The minimum absolute atomic E-state index is 0.141. The molecule has 20 heavy (non-hydrogen) atoms. The Labute approximate surface area is 125 Å². The zero-order valence-electron chi connectivity index (χ0n) is 12.3. The molecule has 2 rings (SSSR count). The topological polar surface area (TPSA) is 42.4 Å². The molecule has 1 aliphatic heterocycles. The molecule has 0 N–H and O–H groups in total. The number of carbonyl (C=O) groups excluding carboxylic acids is 1. The summed E-state index contributed by atoms with van der Waals surface area (Å²) in [6, 6.07) is 3.84. The number of esters is 1. The van der Waals surface area contributed by atoms with Crippen LogP contribution >= 0.6 is 11.6 Å². The van der Waals surface area contributed by atoms with Gasteiger partial charge in [-0.15, -0.1) is 0 Å². The lowest BCUT2D eigenvalue weighted by molar-refractivity contribution is -0.155. The van der Waals surface area contributed by atoms with Gasteiger partial charge < -0.3 is 4.74 Å². The van der Waals surface area contributed by atoms with Gasteiger partial charge in [0.2, 0.25) is 0 Å². The smallest absolute Gasteiger partial charge is 0.307 e. The van der Waals surface area contributed by atoms with E-state index in [9.17, 15) is 4.79 Å². The van der Waals surface area contributed by atoms with Crippen LogP contribution in [0.15, 0.2) is 12.1 Å². The van der Waals surface area contributed by atoms with Crippen LogP contribution in [0.2, 0.25) is 5.15 Å². The fraction of sp³-hybridized carbons (Fsp3) is 0.600.